The van der Waals surface area contributed by atoms with Gasteiger partial charge in [-0.1, -0.05) is 84.4 Å². The van der Waals surface area contributed by atoms with Gasteiger partial charge in [-0.25, -0.2) is 4.79 Å². The Labute approximate surface area is 214 Å². The average Bonchev–Trinajstić information content (AvgIpc) is 3.18. The van der Waals surface area contributed by atoms with Gasteiger partial charge in [0.25, 0.3) is 0 Å². The predicted octanol–water partition coefficient (Wildman–Crippen LogP) is 7.04. The Kier molecular flexibility index (Phi) is 6.94. The van der Waals surface area contributed by atoms with Gasteiger partial charge < -0.3 is 19.1 Å². The highest BCUT2D eigenvalue weighted by atomic mass is 35.5. The number of phenolic OH excluding ortho intramolecular Hbond substituents is 1. The smallest absolute Gasteiger partial charge is 0.340 e. The molecule has 0 saturated heterocycles. The summed E-state index contributed by atoms with van der Waals surface area (Å²) in [5, 5.41) is 13.7. The number of fused-ring (bicyclic) bond motifs is 3. The molecule has 5 rings (SSSR count). The van der Waals surface area contributed by atoms with Crippen molar-refractivity contribution in [3.8, 4) is 5.75 Å². The lowest BCUT2D eigenvalue weighted by Crippen LogP contribution is -2.10. The van der Waals surface area contributed by atoms with Crippen LogP contribution in [0, 0.1) is 6.92 Å². The maximum atomic E-state index is 13.3. The number of nitrogens with zero attached hydrogens (tertiary/aromatic N) is 1. The molecule has 0 radical (unpaired) electrons. The molecule has 0 aliphatic carbocycles. The molecule has 0 fully saturated rings. The van der Waals surface area contributed by atoms with Gasteiger partial charge in [0.1, 0.15) is 12.4 Å². The lowest BCUT2D eigenvalue weighted by Gasteiger charge is -2.12. The van der Waals surface area contributed by atoms with E-state index < -0.39 is 5.97 Å². The third-order valence-electron chi connectivity index (χ3n) is 6.39. The molecule has 6 heteroatoms. The second kappa shape index (κ2) is 10.4. The molecular weight excluding hydrogens is 474 g/mol. The fraction of sp³-hybridized carbons (Fsp3) is 0.167. The summed E-state index contributed by atoms with van der Waals surface area (Å²) < 4.78 is 13.7. The van der Waals surface area contributed by atoms with Gasteiger partial charge in [-0.2, -0.15) is 0 Å². The highest BCUT2D eigenvalue weighted by Crippen LogP contribution is 2.37. The van der Waals surface area contributed by atoms with Crippen molar-refractivity contribution in [2.75, 3.05) is 6.61 Å². The predicted molar refractivity (Wildman–Crippen MR) is 143 cm³/mol. The van der Waals surface area contributed by atoms with Crippen LogP contribution in [0.2, 0.25) is 5.02 Å². The summed E-state index contributed by atoms with van der Waals surface area (Å²) in [5.41, 5.74) is 3.92. The van der Waals surface area contributed by atoms with Crippen molar-refractivity contribution in [1.82, 2.24) is 4.57 Å². The van der Waals surface area contributed by atoms with Gasteiger partial charge in [0.05, 0.1) is 24.3 Å². The van der Waals surface area contributed by atoms with Crippen LogP contribution in [0.1, 0.15) is 27.2 Å². The minimum Gasteiger partial charge on any atom is -0.507 e. The number of carbonyl (C=O) groups excluding carboxylic acids is 1. The Morgan fingerprint density at radius 1 is 0.889 bits per heavy atom. The normalized spacial score (nSPS) is 11.3. The number of ether oxygens (including phenoxy) is 2. The first kappa shape index (κ1) is 23.9. The van der Waals surface area contributed by atoms with E-state index in [4.69, 9.17) is 21.1 Å². The van der Waals surface area contributed by atoms with Crippen molar-refractivity contribution in [3.63, 3.8) is 0 Å². The van der Waals surface area contributed by atoms with Crippen molar-refractivity contribution in [1.29, 1.82) is 0 Å². The number of hydrogen-bond donors (Lipinski definition) is 1. The molecule has 0 atom stereocenters. The van der Waals surface area contributed by atoms with Gasteiger partial charge in [-0.15, -0.1) is 0 Å². The largest absolute Gasteiger partial charge is 0.507 e. The standard InChI is InChI=1S/C30H26ClNO4/c1-20-28(30(34)36-18-21-9-3-2-4-10-21)25-17-27(33)23-12-6-7-13-24(23)29(25)32(20)15-16-35-19-22-11-5-8-14-26(22)31/h2-14,17,33H,15-16,18-19H2,1H3. The second-order valence-corrected chi connectivity index (χ2v) is 9.06. The highest BCUT2D eigenvalue weighted by Gasteiger charge is 2.24. The molecule has 0 spiro atoms. The number of benzene rings is 4. The molecule has 0 saturated carbocycles. The number of aromatic nitrogens is 1. The molecule has 5 nitrogen and oxygen atoms in total. The molecule has 1 N–H and O–H groups in total. The summed E-state index contributed by atoms with van der Waals surface area (Å²) in [6.07, 6.45) is 0. The van der Waals surface area contributed by atoms with Crippen LogP contribution < -0.4 is 0 Å². The minimum atomic E-state index is -0.424. The molecule has 0 amide bonds. The Balaban J connectivity index is 1.48. The zero-order chi connectivity index (χ0) is 25.1. The Hall–Kier alpha value is -3.80. The van der Waals surface area contributed by atoms with E-state index in [2.05, 4.69) is 4.57 Å². The van der Waals surface area contributed by atoms with Crippen molar-refractivity contribution < 1.29 is 19.4 Å². The molecule has 1 aromatic heterocycles. The molecule has 0 bridgehead atoms. The Morgan fingerprint density at radius 3 is 2.36 bits per heavy atom. The summed E-state index contributed by atoms with van der Waals surface area (Å²) in [7, 11) is 0. The summed E-state index contributed by atoms with van der Waals surface area (Å²) in [6, 6.07) is 26.5. The van der Waals surface area contributed by atoms with Crippen LogP contribution in [-0.4, -0.2) is 22.2 Å². The number of phenols is 1. The lowest BCUT2D eigenvalue weighted by atomic mass is 10.0. The van der Waals surface area contributed by atoms with Gasteiger partial charge in [0.2, 0.25) is 0 Å². The van der Waals surface area contributed by atoms with Gasteiger partial charge in [-0.05, 0) is 30.2 Å². The average molecular weight is 500 g/mol. The number of hydrogen-bond acceptors (Lipinski definition) is 4. The lowest BCUT2D eigenvalue weighted by molar-refractivity contribution is 0.0473. The first-order valence-corrected chi connectivity index (χ1v) is 12.2. The quantitative estimate of drug-likeness (QED) is 0.184. The van der Waals surface area contributed by atoms with E-state index in [-0.39, 0.29) is 12.4 Å². The Bertz CT molecular complexity index is 1540. The third kappa shape index (κ3) is 4.68. The van der Waals surface area contributed by atoms with Crippen LogP contribution >= 0.6 is 11.6 Å². The third-order valence-corrected chi connectivity index (χ3v) is 6.76. The van der Waals surface area contributed by atoms with Gasteiger partial charge in [0, 0.05) is 33.4 Å². The summed E-state index contributed by atoms with van der Waals surface area (Å²) in [6.45, 7) is 3.41. The van der Waals surface area contributed by atoms with Crippen molar-refractivity contribution in [3.05, 3.63) is 112 Å². The summed E-state index contributed by atoms with van der Waals surface area (Å²) in [5.74, 6) is -0.297. The molecule has 0 aliphatic heterocycles. The second-order valence-electron chi connectivity index (χ2n) is 8.66. The summed E-state index contributed by atoms with van der Waals surface area (Å²) >= 11 is 6.26. The molecule has 36 heavy (non-hydrogen) atoms. The number of halogens is 1. The van der Waals surface area contributed by atoms with Gasteiger partial charge >= 0.3 is 5.97 Å². The molecule has 182 valence electrons. The van der Waals surface area contributed by atoms with Crippen LogP contribution in [0.15, 0.2) is 84.9 Å². The van der Waals surface area contributed by atoms with Crippen LogP contribution in [0.4, 0.5) is 0 Å². The van der Waals surface area contributed by atoms with Crippen molar-refractivity contribution >= 4 is 39.2 Å². The van der Waals surface area contributed by atoms with E-state index in [0.29, 0.717) is 35.7 Å². The Morgan fingerprint density at radius 2 is 1.58 bits per heavy atom. The molecule has 5 aromatic rings. The SMILES string of the molecule is Cc1c(C(=O)OCc2ccccc2)c2cc(O)c3ccccc3c2n1CCOCc1ccccc1Cl. The van der Waals surface area contributed by atoms with E-state index in [0.717, 1.165) is 33.1 Å². The first-order chi connectivity index (χ1) is 17.5. The van der Waals surface area contributed by atoms with Gasteiger partial charge in [0.15, 0.2) is 0 Å². The number of aromatic hydroxyl groups is 1. The van der Waals surface area contributed by atoms with Crippen LogP contribution in [0.25, 0.3) is 21.7 Å². The van der Waals surface area contributed by atoms with Crippen LogP contribution in [-0.2, 0) is 29.2 Å². The van der Waals surface area contributed by atoms with Gasteiger partial charge in [-0.3, -0.25) is 0 Å². The fourth-order valence-corrected chi connectivity index (χ4v) is 4.80. The molecule has 4 aromatic carbocycles. The highest BCUT2D eigenvalue weighted by molar-refractivity contribution is 6.31. The maximum absolute atomic E-state index is 13.3. The van der Waals surface area contributed by atoms with Crippen LogP contribution in [0.5, 0.6) is 5.75 Å². The molecular formula is C30H26ClNO4. The van der Waals surface area contributed by atoms with E-state index in [9.17, 15) is 9.90 Å². The zero-order valence-corrected chi connectivity index (χ0v) is 20.7. The minimum absolute atomic E-state index is 0.127. The van der Waals surface area contributed by atoms with E-state index in [1.807, 2.05) is 85.8 Å². The fourth-order valence-electron chi connectivity index (χ4n) is 4.61. The van der Waals surface area contributed by atoms with E-state index in [1.165, 1.54) is 0 Å². The summed E-state index contributed by atoms with van der Waals surface area (Å²) in [4.78, 5) is 13.3. The topological polar surface area (TPSA) is 60.7 Å². The van der Waals surface area contributed by atoms with E-state index >= 15 is 0 Å². The van der Waals surface area contributed by atoms with Crippen molar-refractivity contribution in [2.45, 2.75) is 26.7 Å². The maximum Gasteiger partial charge on any atom is 0.340 e. The monoisotopic (exact) mass is 499 g/mol. The number of rotatable bonds is 8. The molecule has 0 unspecified atom stereocenters. The molecule has 1 heterocycles. The zero-order valence-electron chi connectivity index (χ0n) is 19.9. The number of carbonyl (C=O) groups is 1. The van der Waals surface area contributed by atoms with E-state index in [1.54, 1.807) is 6.07 Å². The molecule has 0 aliphatic rings. The van der Waals surface area contributed by atoms with Crippen molar-refractivity contribution in [2.24, 2.45) is 0 Å². The first-order valence-electron chi connectivity index (χ1n) is 11.8. The van der Waals surface area contributed by atoms with Crippen LogP contribution in [0.3, 0.4) is 0 Å². The number of esters is 1.